The summed E-state index contributed by atoms with van der Waals surface area (Å²) in [6.45, 7) is 8.39. The Labute approximate surface area is 98.1 Å². The van der Waals surface area contributed by atoms with E-state index in [9.17, 15) is 4.79 Å². The second-order valence-corrected chi connectivity index (χ2v) is 4.87. The molecule has 1 amide bonds. The molecule has 16 heavy (non-hydrogen) atoms. The molecule has 0 radical (unpaired) electrons. The maximum absolute atomic E-state index is 11.8. The summed E-state index contributed by atoms with van der Waals surface area (Å²) < 4.78 is 0. The van der Waals surface area contributed by atoms with E-state index in [1.807, 2.05) is 38.1 Å². The second-order valence-electron chi connectivity index (χ2n) is 4.87. The summed E-state index contributed by atoms with van der Waals surface area (Å²) in [6, 6.07) is 7.89. The molecule has 0 saturated heterocycles. The van der Waals surface area contributed by atoms with Crippen LogP contribution < -0.4 is 5.32 Å². The zero-order valence-corrected chi connectivity index (χ0v) is 10.6. The lowest BCUT2D eigenvalue weighted by Crippen LogP contribution is -2.33. The Balaban J connectivity index is 2.55. The number of benzene rings is 1. The minimum absolute atomic E-state index is 0.0214. The molecular formula is C14H21NO. The minimum atomic E-state index is 0.0214. The van der Waals surface area contributed by atoms with Crippen molar-refractivity contribution in [1.82, 2.24) is 5.32 Å². The highest BCUT2D eigenvalue weighted by Crippen LogP contribution is 2.07. The molecule has 0 aliphatic carbocycles. The molecular weight excluding hydrogens is 198 g/mol. The number of nitrogens with one attached hydrogen (secondary N) is 1. The van der Waals surface area contributed by atoms with E-state index in [1.54, 1.807) is 0 Å². The van der Waals surface area contributed by atoms with Gasteiger partial charge < -0.3 is 5.32 Å². The number of rotatable bonds is 4. The Bertz CT molecular complexity index is 340. The molecule has 0 aliphatic heterocycles. The number of amides is 1. The Hall–Kier alpha value is -1.31. The maximum Gasteiger partial charge on any atom is 0.251 e. The zero-order chi connectivity index (χ0) is 12.1. The molecule has 88 valence electrons. The molecule has 0 saturated carbocycles. The standard InChI is InChI=1S/C14H21NO/c1-10(2)9-12(4)15-14(16)13-7-5-11(3)6-8-13/h5-8,10,12H,9H2,1-4H3,(H,15,16)/t12-/m0/s1. The Morgan fingerprint density at radius 1 is 1.19 bits per heavy atom. The van der Waals surface area contributed by atoms with E-state index in [0.717, 1.165) is 12.0 Å². The molecule has 1 rings (SSSR count). The molecule has 1 atom stereocenters. The van der Waals surface area contributed by atoms with Gasteiger partial charge in [0.1, 0.15) is 0 Å². The lowest BCUT2D eigenvalue weighted by Gasteiger charge is -2.15. The SMILES string of the molecule is Cc1ccc(C(=O)N[C@@H](C)CC(C)C)cc1. The van der Waals surface area contributed by atoms with Gasteiger partial charge in [0.2, 0.25) is 0 Å². The first-order chi connectivity index (χ1) is 7.49. The van der Waals surface area contributed by atoms with E-state index in [4.69, 9.17) is 0 Å². The third kappa shape index (κ3) is 4.05. The Morgan fingerprint density at radius 3 is 2.25 bits per heavy atom. The third-order valence-electron chi connectivity index (χ3n) is 2.52. The predicted octanol–water partition coefficient (Wildman–Crippen LogP) is 3.16. The number of hydrogen-bond acceptors (Lipinski definition) is 1. The summed E-state index contributed by atoms with van der Waals surface area (Å²) in [6.07, 6.45) is 1.01. The average molecular weight is 219 g/mol. The van der Waals surface area contributed by atoms with Crippen LogP contribution in [0.25, 0.3) is 0 Å². The molecule has 0 heterocycles. The van der Waals surface area contributed by atoms with Crippen LogP contribution in [0.1, 0.15) is 43.1 Å². The van der Waals surface area contributed by atoms with Crippen LogP contribution in [0.4, 0.5) is 0 Å². The van der Waals surface area contributed by atoms with Crippen molar-refractivity contribution in [3.63, 3.8) is 0 Å². The first-order valence-corrected chi connectivity index (χ1v) is 5.86. The van der Waals surface area contributed by atoms with Gasteiger partial charge in [0.05, 0.1) is 0 Å². The van der Waals surface area contributed by atoms with Crippen molar-refractivity contribution in [2.75, 3.05) is 0 Å². The van der Waals surface area contributed by atoms with E-state index in [-0.39, 0.29) is 11.9 Å². The number of aryl methyl sites for hydroxylation is 1. The molecule has 1 N–H and O–H groups in total. The normalized spacial score (nSPS) is 12.6. The first-order valence-electron chi connectivity index (χ1n) is 5.86. The molecule has 0 bridgehead atoms. The van der Waals surface area contributed by atoms with Crippen molar-refractivity contribution < 1.29 is 4.79 Å². The molecule has 1 aromatic rings. The molecule has 2 nitrogen and oxygen atoms in total. The van der Waals surface area contributed by atoms with E-state index in [0.29, 0.717) is 5.92 Å². The van der Waals surface area contributed by atoms with Crippen LogP contribution in [0.3, 0.4) is 0 Å². The van der Waals surface area contributed by atoms with E-state index >= 15 is 0 Å². The van der Waals surface area contributed by atoms with Gasteiger partial charge in [-0.05, 0) is 38.3 Å². The lowest BCUT2D eigenvalue weighted by molar-refractivity contribution is 0.0936. The van der Waals surface area contributed by atoms with E-state index in [2.05, 4.69) is 19.2 Å². The van der Waals surface area contributed by atoms with Gasteiger partial charge in [-0.3, -0.25) is 4.79 Å². The van der Waals surface area contributed by atoms with Crippen molar-refractivity contribution in [3.8, 4) is 0 Å². The quantitative estimate of drug-likeness (QED) is 0.828. The highest BCUT2D eigenvalue weighted by molar-refractivity contribution is 5.94. The van der Waals surface area contributed by atoms with E-state index < -0.39 is 0 Å². The van der Waals surface area contributed by atoms with Crippen LogP contribution in [-0.4, -0.2) is 11.9 Å². The number of carbonyl (C=O) groups is 1. The van der Waals surface area contributed by atoms with Gasteiger partial charge in [-0.15, -0.1) is 0 Å². The molecule has 0 aliphatic rings. The molecule has 0 aromatic heterocycles. The number of carbonyl (C=O) groups excluding carboxylic acids is 1. The van der Waals surface area contributed by atoms with Crippen LogP contribution in [0, 0.1) is 12.8 Å². The second kappa shape index (κ2) is 5.69. The van der Waals surface area contributed by atoms with Crippen LogP contribution in [-0.2, 0) is 0 Å². The number of hydrogen-bond donors (Lipinski definition) is 1. The smallest absolute Gasteiger partial charge is 0.251 e. The fourth-order valence-electron chi connectivity index (χ4n) is 1.78. The van der Waals surface area contributed by atoms with Crippen LogP contribution in [0.2, 0.25) is 0 Å². The fourth-order valence-corrected chi connectivity index (χ4v) is 1.78. The van der Waals surface area contributed by atoms with Gasteiger partial charge in [-0.1, -0.05) is 31.5 Å². The molecule has 0 fully saturated rings. The average Bonchev–Trinajstić information content (AvgIpc) is 2.16. The summed E-state index contributed by atoms with van der Waals surface area (Å²) in [7, 11) is 0. The topological polar surface area (TPSA) is 29.1 Å². The van der Waals surface area contributed by atoms with Gasteiger partial charge in [-0.25, -0.2) is 0 Å². The summed E-state index contributed by atoms with van der Waals surface area (Å²) in [5.74, 6) is 0.626. The van der Waals surface area contributed by atoms with Crippen molar-refractivity contribution in [2.45, 2.75) is 40.2 Å². The highest BCUT2D eigenvalue weighted by Gasteiger charge is 2.10. The van der Waals surface area contributed by atoms with Gasteiger partial charge in [0, 0.05) is 11.6 Å². The van der Waals surface area contributed by atoms with Gasteiger partial charge in [-0.2, -0.15) is 0 Å². The molecule has 0 unspecified atom stereocenters. The molecule has 2 heteroatoms. The lowest BCUT2D eigenvalue weighted by atomic mass is 10.0. The summed E-state index contributed by atoms with van der Waals surface area (Å²) >= 11 is 0. The Morgan fingerprint density at radius 2 is 1.75 bits per heavy atom. The van der Waals surface area contributed by atoms with E-state index in [1.165, 1.54) is 5.56 Å². The molecule has 1 aromatic carbocycles. The highest BCUT2D eigenvalue weighted by atomic mass is 16.1. The minimum Gasteiger partial charge on any atom is -0.350 e. The van der Waals surface area contributed by atoms with Gasteiger partial charge in [0.15, 0.2) is 0 Å². The van der Waals surface area contributed by atoms with Crippen molar-refractivity contribution in [1.29, 1.82) is 0 Å². The largest absolute Gasteiger partial charge is 0.350 e. The van der Waals surface area contributed by atoms with Crippen LogP contribution >= 0.6 is 0 Å². The van der Waals surface area contributed by atoms with Crippen LogP contribution in [0.15, 0.2) is 24.3 Å². The van der Waals surface area contributed by atoms with Gasteiger partial charge in [0.25, 0.3) is 5.91 Å². The zero-order valence-electron chi connectivity index (χ0n) is 10.6. The summed E-state index contributed by atoms with van der Waals surface area (Å²) in [5.41, 5.74) is 1.91. The Kier molecular flexibility index (Phi) is 4.53. The van der Waals surface area contributed by atoms with Crippen molar-refractivity contribution in [3.05, 3.63) is 35.4 Å². The predicted molar refractivity (Wildman–Crippen MR) is 67.6 cm³/mol. The summed E-state index contributed by atoms with van der Waals surface area (Å²) in [5, 5.41) is 3.01. The fraction of sp³-hybridized carbons (Fsp3) is 0.500. The van der Waals surface area contributed by atoms with Crippen molar-refractivity contribution in [2.24, 2.45) is 5.92 Å². The maximum atomic E-state index is 11.8. The molecule has 0 spiro atoms. The van der Waals surface area contributed by atoms with Crippen LogP contribution in [0.5, 0.6) is 0 Å². The monoisotopic (exact) mass is 219 g/mol. The van der Waals surface area contributed by atoms with Crippen molar-refractivity contribution >= 4 is 5.91 Å². The van der Waals surface area contributed by atoms with Gasteiger partial charge >= 0.3 is 0 Å². The first kappa shape index (κ1) is 12.8. The summed E-state index contributed by atoms with van der Waals surface area (Å²) in [4.78, 5) is 11.8. The third-order valence-corrected chi connectivity index (χ3v) is 2.52.